The zero-order valence-electron chi connectivity index (χ0n) is 7.07. The minimum absolute atomic E-state index is 0.631. The molecule has 0 saturated heterocycles. The van der Waals surface area contributed by atoms with Crippen LogP contribution in [0.5, 0.6) is 5.75 Å². The summed E-state index contributed by atoms with van der Waals surface area (Å²) in [7, 11) is 1.60. The average molecular weight is 195 g/mol. The third kappa shape index (κ3) is 1.08. The number of methoxy groups -OCH3 is 1. The molecule has 0 spiro atoms. The van der Waals surface area contributed by atoms with Gasteiger partial charge in [0.1, 0.15) is 21.3 Å². The van der Waals surface area contributed by atoms with Gasteiger partial charge in [0, 0.05) is 6.20 Å². The summed E-state index contributed by atoms with van der Waals surface area (Å²) in [4.78, 5) is 4.14. The number of nitrogen functional groups attached to an aromatic ring is 2. The zero-order chi connectivity index (χ0) is 9.42. The number of ether oxygens (including phenoxy) is 1. The van der Waals surface area contributed by atoms with Crippen molar-refractivity contribution in [2.45, 2.75) is 0 Å². The highest BCUT2D eigenvalue weighted by Gasteiger charge is 2.11. The van der Waals surface area contributed by atoms with Crippen LogP contribution in [0.2, 0.25) is 0 Å². The van der Waals surface area contributed by atoms with Gasteiger partial charge in [0.05, 0.1) is 12.5 Å². The lowest BCUT2D eigenvalue weighted by Crippen LogP contribution is -1.88. The number of anilines is 2. The molecule has 2 rings (SSSR count). The summed E-state index contributed by atoms with van der Waals surface area (Å²) >= 11 is 1.33. The molecule has 0 aromatic carbocycles. The van der Waals surface area contributed by atoms with E-state index in [1.165, 1.54) is 11.3 Å². The van der Waals surface area contributed by atoms with E-state index in [4.69, 9.17) is 16.2 Å². The number of hydrogen-bond acceptors (Lipinski definition) is 5. The Balaban J connectivity index is 2.88. The summed E-state index contributed by atoms with van der Waals surface area (Å²) in [5, 5.41) is 2.09. The quantitative estimate of drug-likeness (QED) is 0.722. The minimum atomic E-state index is 0.631. The molecule has 0 fully saturated rings. The van der Waals surface area contributed by atoms with Gasteiger partial charge in [-0.05, 0) is 6.07 Å². The molecule has 0 unspecified atom stereocenters. The first kappa shape index (κ1) is 8.12. The molecule has 0 aliphatic rings. The smallest absolute Gasteiger partial charge is 0.132 e. The van der Waals surface area contributed by atoms with Crippen LogP contribution in [0.15, 0.2) is 12.3 Å². The van der Waals surface area contributed by atoms with Crippen molar-refractivity contribution in [2.24, 2.45) is 0 Å². The monoisotopic (exact) mass is 195 g/mol. The highest BCUT2D eigenvalue weighted by atomic mass is 32.1. The largest absolute Gasteiger partial charge is 0.496 e. The number of nitrogens with two attached hydrogens (primary N) is 2. The summed E-state index contributed by atoms with van der Waals surface area (Å²) in [6.45, 7) is 0. The lowest BCUT2D eigenvalue weighted by atomic mass is 10.3. The number of nitrogens with zero attached hydrogens (tertiary/aromatic N) is 1. The van der Waals surface area contributed by atoms with Crippen molar-refractivity contribution in [2.75, 3.05) is 18.6 Å². The second-order valence-electron chi connectivity index (χ2n) is 2.57. The predicted octanol–water partition coefficient (Wildman–Crippen LogP) is 1.47. The van der Waals surface area contributed by atoms with Crippen LogP contribution in [0.1, 0.15) is 0 Å². The normalized spacial score (nSPS) is 10.5. The molecule has 0 saturated carbocycles. The lowest BCUT2D eigenvalue weighted by molar-refractivity contribution is 0.419. The molecule has 0 aliphatic carbocycles. The molecule has 5 heteroatoms. The van der Waals surface area contributed by atoms with E-state index in [2.05, 4.69) is 4.98 Å². The van der Waals surface area contributed by atoms with Crippen LogP contribution in [0.25, 0.3) is 10.9 Å². The Morgan fingerprint density at radius 1 is 1.38 bits per heavy atom. The summed E-state index contributed by atoms with van der Waals surface area (Å²) in [5.74, 6) is 0.718. The molecule has 68 valence electrons. The topological polar surface area (TPSA) is 74.2 Å². The average Bonchev–Trinajstić information content (AvgIpc) is 2.43. The Hall–Kier alpha value is -1.49. The molecule has 0 bridgehead atoms. The minimum Gasteiger partial charge on any atom is -0.496 e. The van der Waals surface area contributed by atoms with Gasteiger partial charge in [-0.25, -0.2) is 0 Å². The van der Waals surface area contributed by atoms with E-state index >= 15 is 0 Å². The van der Waals surface area contributed by atoms with Crippen LogP contribution in [0.4, 0.5) is 10.0 Å². The first-order chi connectivity index (χ1) is 6.24. The maximum absolute atomic E-state index is 5.77. The molecule has 4 nitrogen and oxygen atoms in total. The molecule has 2 heterocycles. The second kappa shape index (κ2) is 2.77. The Bertz CT molecular complexity index is 452. The highest BCUT2D eigenvalue weighted by Crippen LogP contribution is 2.39. The Kier molecular flexibility index (Phi) is 1.73. The molecule has 0 aliphatic heterocycles. The number of thiophene rings is 1. The van der Waals surface area contributed by atoms with Crippen LogP contribution in [-0.2, 0) is 0 Å². The molecule has 4 N–H and O–H groups in total. The van der Waals surface area contributed by atoms with E-state index in [9.17, 15) is 0 Å². The van der Waals surface area contributed by atoms with E-state index in [-0.39, 0.29) is 0 Å². The van der Waals surface area contributed by atoms with Crippen molar-refractivity contribution in [3.8, 4) is 5.75 Å². The molecular formula is C8H9N3OS. The molecule has 13 heavy (non-hydrogen) atoms. The first-order valence-electron chi connectivity index (χ1n) is 3.70. The van der Waals surface area contributed by atoms with Crippen molar-refractivity contribution in [3.63, 3.8) is 0 Å². The van der Waals surface area contributed by atoms with Gasteiger partial charge in [0.2, 0.25) is 0 Å². The van der Waals surface area contributed by atoms with Crippen molar-refractivity contribution >= 4 is 32.2 Å². The van der Waals surface area contributed by atoms with Gasteiger partial charge in [-0.1, -0.05) is 11.3 Å². The molecule has 0 atom stereocenters. The summed E-state index contributed by atoms with van der Waals surface area (Å²) in [5.41, 5.74) is 12.2. The predicted molar refractivity (Wildman–Crippen MR) is 55.0 cm³/mol. The van der Waals surface area contributed by atoms with Gasteiger partial charge in [0.25, 0.3) is 0 Å². The van der Waals surface area contributed by atoms with Gasteiger partial charge >= 0.3 is 0 Å². The van der Waals surface area contributed by atoms with E-state index < -0.39 is 0 Å². The van der Waals surface area contributed by atoms with Crippen LogP contribution in [0.3, 0.4) is 0 Å². The third-order valence-electron chi connectivity index (χ3n) is 1.83. The van der Waals surface area contributed by atoms with Gasteiger partial charge in [-0.3, -0.25) is 4.98 Å². The Labute approximate surface area is 79.1 Å². The van der Waals surface area contributed by atoms with E-state index in [0.717, 1.165) is 16.7 Å². The van der Waals surface area contributed by atoms with Crippen molar-refractivity contribution in [1.29, 1.82) is 0 Å². The summed E-state index contributed by atoms with van der Waals surface area (Å²) in [6.07, 6.45) is 1.66. The number of rotatable bonds is 1. The first-order valence-corrected chi connectivity index (χ1v) is 4.52. The van der Waals surface area contributed by atoms with Gasteiger partial charge < -0.3 is 16.2 Å². The van der Waals surface area contributed by atoms with E-state index in [0.29, 0.717) is 10.0 Å². The van der Waals surface area contributed by atoms with Crippen molar-refractivity contribution in [1.82, 2.24) is 4.98 Å². The van der Waals surface area contributed by atoms with Gasteiger partial charge in [-0.2, -0.15) is 0 Å². The summed E-state index contributed by atoms with van der Waals surface area (Å²) < 4.78 is 5.15. The van der Waals surface area contributed by atoms with Crippen LogP contribution in [0, 0.1) is 0 Å². The number of aromatic nitrogens is 1. The number of pyridine rings is 1. The fourth-order valence-corrected chi connectivity index (χ4v) is 2.04. The van der Waals surface area contributed by atoms with Gasteiger partial charge in [0.15, 0.2) is 0 Å². The zero-order valence-corrected chi connectivity index (χ0v) is 7.89. The van der Waals surface area contributed by atoms with Gasteiger partial charge in [-0.15, -0.1) is 0 Å². The Morgan fingerprint density at radius 2 is 2.15 bits per heavy atom. The van der Waals surface area contributed by atoms with Crippen molar-refractivity contribution in [3.05, 3.63) is 12.3 Å². The fraction of sp³-hybridized carbons (Fsp3) is 0.125. The molecule has 2 aromatic heterocycles. The van der Waals surface area contributed by atoms with E-state index in [1.807, 2.05) is 0 Å². The number of fused-ring (bicyclic) bond motifs is 1. The SMILES string of the molecule is COc1ccnc2c(N)sc(N)c12. The maximum atomic E-state index is 5.77. The lowest BCUT2D eigenvalue weighted by Gasteiger charge is -2.00. The second-order valence-corrected chi connectivity index (χ2v) is 3.65. The molecule has 0 amide bonds. The van der Waals surface area contributed by atoms with Crippen LogP contribution in [-0.4, -0.2) is 12.1 Å². The van der Waals surface area contributed by atoms with Crippen molar-refractivity contribution < 1.29 is 4.74 Å². The third-order valence-corrected chi connectivity index (χ3v) is 2.67. The highest BCUT2D eigenvalue weighted by molar-refractivity contribution is 7.21. The fourth-order valence-electron chi connectivity index (χ4n) is 1.26. The standard InChI is InChI=1S/C8H9N3OS/c1-12-4-2-3-11-6-5(4)7(9)13-8(6)10/h2-3H,9-10H2,1H3. The van der Waals surface area contributed by atoms with E-state index in [1.54, 1.807) is 19.4 Å². The maximum Gasteiger partial charge on any atom is 0.132 e. The van der Waals surface area contributed by atoms with Crippen LogP contribution >= 0.6 is 11.3 Å². The number of hydrogen-bond donors (Lipinski definition) is 2. The molecule has 0 radical (unpaired) electrons. The summed E-state index contributed by atoms with van der Waals surface area (Å²) in [6, 6.07) is 1.77. The van der Waals surface area contributed by atoms with Crippen LogP contribution < -0.4 is 16.2 Å². The molecular weight excluding hydrogens is 186 g/mol. The Morgan fingerprint density at radius 3 is 2.85 bits per heavy atom. The molecule has 2 aromatic rings.